The predicted octanol–water partition coefficient (Wildman–Crippen LogP) is 2.50. The summed E-state index contributed by atoms with van der Waals surface area (Å²) >= 11 is 0. The van der Waals surface area contributed by atoms with Gasteiger partial charge < -0.3 is 20.2 Å². The van der Waals surface area contributed by atoms with Gasteiger partial charge in [0.2, 0.25) is 0 Å². The number of benzene rings is 1. The van der Waals surface area contributed by atoms with Gasteiger partial charge >= 0.3 is 5.97 Å². The van der Waals surface area contributed by atoms with Crippen molar-refractivity contribution in [3.05, 3.63) is 47.4 Å². The van der Waals surface area contributed by atoms with E-state index in [9.17, 15) is 4.79 Å². The van der Waals surface area contributed by atoms with Gasteiger partial charge in [-0.25, -0.2) is 4.79 Å². The normalized spacial score (nSPS) is 10.4. The molecular formula is C14H16N2O3. The fourth-order valence-corrected chi connectivity index (χ4v) is 1.99. The van der Waals surface area contributed by atoms with Crippen LogP contribution in [0, 0.1) is 6.92 Å². The second-order valence-corrected chi connectivity index (χ2v) is 4.40. The van der Waals surface area contributed by atoms with Crippen LogP contribution in [0.2, 0.25) is 0 Å². The number of nitrogen functional groups attached to an aromatic ring is 1. The zero-order valence-electron chi connectivity index (χ0n) is 10.9. The molecule has 1 aromatic carbocycles. The zero-order chi connectivity index (χ0) is 14.0. The first-order valence-corrected chi connectivity index (χ1v) is 5.86. The number of carboxylic acid groups (broad SMARTS) is 1. The molecule has 1 heterocycles. The lowest BCUT2D eigenvalue weighted by Crippen LogP contribution is -2.19. The lowest BCUT2D eigenvalue weighted by Gasteiger charge is -2.21. The number of carbonyl (C=O) groups is 1. The molecule has 2 aromatic rings. The maximum atomic E-state index is 11.1. The third kappa shape index (κ3) is 2.54. The Hall–Kier alpha value is -2.43. The number of aromatic carboxylic acids is 1. The lowest BCUT2D eigenvalue weighted by atomic mass is 10.1. The number of aryl methyl sites for hydroxylation is 1. The third-order valence-electron chi connectivity index (χ3n) is 3.10. The monoisotopic (exact) mass is 260 g/mol. The summed E-state index contributed by atoms with van der Waals surface area (Å²) < 4.78 is 5.24. The van der Waals surface area contributed by atoms with Crippen LogP contribution in [0.1, 0.15) is 21.7 Å². The molecule has 0 aliphatic rings. The number of carboxylic acids is 1. The summed E-state index contributed by atoms with van der Waals surface area (Å²) in [5.41, 5.74) is 8.04. The molecule has 0 atom stereocenters. The van der Waals surface area contributed by atoms with E-state index in [4.69, 9.17) is 15.3 Å². The van der Waals surface area contributed by atoms with E-state index in [1.54, 1.807) is 18.4 Å². The molecule has 5 heteroatoms. The van der Waals surface area contributed by atoms with Crippen LogP contribution < -0.4 is 10.6 Å². The average Bonchev–Trinajstić information content (AvgIpc) is 2.74. The molecule has 1 aromatic heterocycles. The SMILES string of the molecule is Cc1occc1CN(C)c1cccc(C(=O)O)c1N. The summed E-state index contributed by atoms with van der Waals surface area (Å²) in [6, 6.07) is 6.88. The van der Waals surface area contributed by atoms with Gasteiger partial charge in [0, 0.05) is 19.2 Å². The van der Waals surface area contributed by atoms with E-state index in [1.165, 1.54) is 6.07 Å². The van der Waals surface area contributed by atoms with Crippen molar-refractivity contribution in [2.24, 2.45) is 0 Å². The Morgan fingerprint density at radius 2 is 2.16 bits per heavy atom. The van der Waals surface area contributed by atoms with Crippen molar-refractivity contribution in [2.75, 3.05) is 17.7 Å². The van der Waals surface area contributed by atoms with Gasteiger partial charge in [0.1, 0.15) is 5.76 Å². The van der Waals surface area contributed by atoms with E-state index < -0.39 is 5.97 Å². The van der Waals surface area contributed by atoms with Crippen LogP contribution in [0.25, 0.3) is 0 Å². The molecule has 0 saturated heterocycles. The summed E-state index contributed by atoms with van der Waals surface area (Å²) in [7, 11) is 1.86. The minimum absolute atomic E-state index is 0.119. The lowest BCUT2D eigenvalue weighted by molar-refractivity contribution is 0.0698. The van der Waals surface area contributed by atoms with Gasteiger partial charge in [0.05, 0.1) is 23.2 Å². The van der Waals surface area contributed by atoms with Crippen molar-refractivity contribution >= 4 is 17.3 Å². The number of furan rings is 1. The molecule has 0 unspecified atom stereocenters. The number of rotatable bonds is 4. The summed E-state index contributed by atoms with van der Waals surface area (Å²) in [4.78, 5) is 13.0. The Balaban J connectivity index is 2.29. The molecule has 0 bridgehead atoms. The molecule has 3 N–H and O–H groups in total. The van der Waals surface area contributed by atoms with Gasteiger partial charge in [0.15, 0.2) is 0 Å². The highest BCUT2D eigenvalue weighted by Crippen LogP contribution is 2.27. The highest BCUT2D eigenvalue weighted by Gasteiger charge is 2.14. The fourth-order valence-electron chi connectivity index (χ4n) is 1.99. The highest BCUT2D eigenvalue weighted by atomic mass is 16.4. The molecule has 0 saturated carbocycles. The van der Waals surface area contributed by atoms with Gasteiger partial charge in [0.25, 0.3) is 0 Å². The van der Waals surface area contributed by atoms with E-state index in [0.717, 1.165) is 11.3 Å². The summed E-state index contributed by atoms with van der Waals surface area (Å²) in [5.74, 6) is -0.174. The summed E-state index contributed by atoms with van der Waals surface area (Å²) in [6.45, 7) is 2.50. The first-order valence-electron chi connectivity index (χ1n) is 5.86. The van der Waals surface area contributed by atoms with Gasteiger partial charge in [-0.1, -0.05) is 6.07 Å². The number of nitrogens with two attached hydrogens (primary N) is 1. The summed E-state index contributed by atoms with van der Waals surface area (Å²) in [5, 5.41) is 9.06. The van der Waals surface area contributed by atoms with E-state index in [-0.39, 0.29) is 11.3 Å². The molecule has 0 radical (unpaired) electrons. The second kappa shape index (κ2) is 5.06. The molecule has 0 spiro atoms. The molecule has 100 valence electrons. The molecular weight excluding hydrogens is 244 g/mol. The molecule has 19 heavy (non-hydrogen) atoms. The van der Waals surface area contributed by atoms with Crippen LogP contribution in [0.3, 0.4) is 0 Å². The van der Waals surface area contributed by atoms with Crippen molar-refractivity contribution in [1.82, 2.24) is 0 Å². The van der Waals surface area contributed by atoms with Crippen molar-refractivity contribution < 1.29 is 14.3 Å². The molecule has 5 nitrogen and oxygen atoms in total. The number of hydrogen-bond acceptors (Lipinski definition) is 4. The zero-order valence-corrected chi connectivity index (χ0v) is 10.9. The van der Waals surface area contributed by atoms with Crippen LogP contribution in [-0.2, 0) is 6.54 Å². The first kappa shape index (κ1) is 13.0. The molecule has 0 amide bonds. The molecule has 0 aliphatic heterocycles. The van der Waals surface area contributed by atoms with E-state index in [1.807, 2.05) is 24.9 Å². The van der Waals surface area contributed by atoms with Crippen molar-refractivity contribution in [3.63, 3.8) is 0 Å². The smallest absolute Gasteiger partial charge is 0.337 e. The minimum Gasteiger partial charge on any atom is -0.478 e. The highest BCUT2D eigenvalue weighted by molar-refractivity contribution is 5.97. The number of anilines is 2. The Bertz CT molecular complexity index is 604. The van der Waals surface area contributed by atoms with E-state index in [2.05, 4.69) is 0 Å². The topological polar surface area (TPSA) is 79.7 Å². The van der Waals surface area contributed by atoms with E-state index >= 15 is 0 Å². The van der Waals surface area contributed by atoms with Crippen LogP contribution in [0.4, 0.5) is 11.4 Å². The Kier molecular flexibility index (Phi) is 3.46. The van der Waals surface area contributed by atoms with Gasteiger partial charge in [-0.15, -0.1) is 0 Å². The van der Waals surface area contributed by atoms with Crippen LogP contribution in [0.15, 0.2) is 34.9 Å². The van der Waals surface area contributed by atoms with Crippen LogP contribution in [-0.4, -0.2) is 18.1 Å². The average molecular weight is 260 g/mol. The van der Waals surface area contributed by atoms with Crippen LogP contribution >= 0.6 is 0 Å². The standard InChI is InChI=1S/C14H16N2O3/c1-9-10(6-7-19-9)8-16(2)12-5-3-4-11(13(12)15)14(17)18/h3-7H,8,15H2,1-2H3,(H,17,18). The number of para-hydroxylation sites is 1. The van der Waals surface area contributed by atoms with Crippen molar-refractivity contribution in [1.29, 1.82) is 0 Å². The van der Waals surface area contributed by atoms with Crippen LogP contribution in [0.5, 0.6) is 0 Å². The fraction of sp³-hybridized carbons (Fsp3) is 0.214. The molecule has 2 rings (SSSR count). The van der Waals surface area contributed by atoms with Gasteiger partial charge in [-0.05, 0) is 25.1 Å². The van der Waals surface area contributed by atoms with Gasteiger partial charge in [-0.3, -0.25) is 0 Å². The van der Waals surface area contributed by atoms with Gasteiger partial charge in [-0.2, -0.15) is 0 Å². The van der Waals surface area contributed by atoms with Crippen molar-refractivity contribution in [3.8, 4) is 0 Å². The minimum atomic E-state index is -1.02. The largest absolute Gasteiger partial charge is 0.478 e. The maximum absolute atomic E-state index is 11.1. The number of hydrogen-bond donors (Lipinski definition) is 2. The second-order valence-electron chi connectivity index (χ2n) is 4.40. The Morgan fingerprint density at radius 3 is 2.74 bits per heavy atom. The maximum Gasteiger partial charge on any atom is 0.337 e. The van der Waals surface area contributed by atoms with Crippen molar-refractivity contribution in [2.45, 2.75) is 13.5 Å². The quantitative estimate of drug-likeness (QED) is 0.826. The number of nitrogens with zero attached hydrogens (tertiary/aromatic N) is 1. The summed E-state index contributed by atoms with van der Waals surface area (Å²) in [6.07, 6.45) is 1.63. The Morgan fingerprint density at radius 1 is 1.42 bits per heavy atom. The first-order chi connectivity index (χ1) is 9.00. The third-order valence-corrected chi connectivity index (χ3v) is 3.10. The predicted molar refractivity (Wildman–Crippen MR) is 73.4 cm³/mol. The van der Waals surface area contributed by atoms with E-state index in [0.29, 0.717) is 12.2 Å². The Labute approximate surface area is 111 Å². The molecule has 0 fully saturated rings. The molecule has 0 aliphatic carbocycles.